The lowest BCUT2D eigenvalue weighted by Crippen LogP contribution is -2.48. The summed E-state index contributed by atoms with van der Waals surface area (Å²) in [6, 6.07) is 10.3. The molecule has 1 aliphatic carbocycles. The van der Waals surface area contributed by atoms with Gasteiger partial charge in [0.25, 0.3) is 0 Å². The van der Waals surface area contributed by atoms with Crippen LogP contribution in [0.1, 0.15) is 18.4 Å². The number of hydrogen-bond donors (Lipinski definition) is 2. The molecule has 1 aromatic carbocycles. The predicted octanol–water partition coefficient (Wildman–Crippen LogP) is 2.75. The Morgan fingerprint density at radius 1 is 1.22 bits per heavy atom. The second-order valence-corrected chi connectivity index (χ2v) is 9.11. The van der Waals surface area contributed by atoms with Crippen molar-refractivity contribution in [2.24, 2.45) is 11.8 Å². The van der Waals surface area contributed by atoms with E-state index in [1.165, 1.54) is 11.1 Å². The fraction of sp³-hybridized carbons (Fsp3) is 0.400. The molecule has 1 aliphatic heterocycles. The third kappa shape index (κ3) is 5.38. The molecule has 2 aromatic rings. The molecule has 10 nitrogen and oxygen atoms in total. The summed E-state index contributed by atoms with van der Waals surface area (Å²) in [5.74, 6) is -0.496. The molecular weight excluding hydrogens is 469 g/mol. The zero-order valence-electron chi connectivity index (χ0n) is 19.8. The number of ether oxygens (including phenoxy) is 1. The minimum absolute atomic E-state index is 0.0743. The molecule has 0 spiro atoms. The van der Waals surface area contributed by atoms with Gasteiger partial charge in [-0.1, -0.05) is 6.07 Å². The van der Waals surface area contributed by atoms with E-state index < -0.39 is 18.4 Å². The minimum Gasteiger partial charge on any atom is -0.486 e. The van der Waals surface area contributed by atoms with Gasteiger partial charge in [-0.3, -0.25) is 9.59 Å². The lowest BCUT2D eigenvalue weighted by atomic mass is 10.0. The molecule has 1 saturated heterocycles. The lowest BCUT2D eigenvalue weighted by Gasteiger charge is -2.33. The van der Waals surface area contributed by atoms with Crippen LogP contribution in [0.15, 0.2) is 36.5 Å². The van der Waals surface area contributed by atoms with Gasteiger partial charge in [-0.25, -0.2) is 14.2 Å². The summed E-state index contributed by atoms with van der Waals surface area (Å²) in [7, 11) is 3.31. The molecule has 2 N–H and O–H groups in total. The summed E-state index contributed by atoms with van der Waals surface area (Å²) in [5, 5.41) is 21.4. The molecule has 0 radical (unpaired) electrons. The van der Waals surface area contributed by atoms with Gasteiger partial charge in [-0.15, -0.1) is 0 Å². The fourth-order valence-corrected chi connectivity index (χ4v) is 4.24. The van der Waals surface area contributed by atoms with E-state index in [-0.39, 0.29) is 54.5 Å². The molecule has 1 saturated carbocycles. The minimum atomic E-state index is -1.51. The van der Waals surface area contributed by atoms with Crippen molar-refractivity contribution in [1.82, 2.24) is 14.8 Å². The van der Waals surface area contributed by atoms with E-state index in [1.807, 2.05) is 0 Å². The first-order chi connectivity index (χ1) is 17.2. The van der Waals surface area contributed by atoms with Gasteiger partial charge in [0, 0.05) is 33.3 Å². The second-order valence-electron chi connectivity index (χ2n) is 9.11. The highest BCUT2D eigenvalue weighted by Crippen LogP contribution is 2.40. The third-order valence-corrected chi connectivity index (χ3v) is 6.36. The Morgan fingerprint density at radius 3 is 2.64 bits per heavy atom. The Labute approximate surface area is 207 Å². The molecule has 2 fully saturated rings. The predicted molar refractivity (Wildman–Crippen MR) is 127 cm³/mol. The fourth-order valence-electron chi connectivity index (χ4n) is 4.24. The van der Waals surface area contributed by atoms with Crippen LogP contribution in [0.25, 0.3) is 11.1 Å². The summed E-state index contributed by atoms with van der Waals surface area (Å²) >= 11 is 0. The van der Waals surface area contributed by atoms with Crippen LogP contribution < -0.4 is 10.1 Å². The van der Waals surface area contributed by atoms with E-state index in [1.54, 1.807) is 44.4 Å². The largest absolute Gasteiger partial charge is 0.486 e. The van der Waals surface area contributed by atoms with Crippen molar-refractivity contribution in [3.63, 3.8) is 0 Å². The number of nitrogens with one attached hydrogen (secondary N) is 1. The first kappa shape index (κ1) is 24.9. The van der Waals surface area contributed by atoms with Crippen LogP contribution in [0.4, 0.5) is 15.0 Å². The zero-order valence-corrected chi connectivity index (χ0v) is 19.8. The quantitative estimate of drug-likeness (QED) is 0.629. The highest BCUT2D eigenvalue weighted by Gasteiger charge is 2.48. The maximum Gasteiger partial charge on any atom is 0.407 e. The summed E-state index contributed by atoms with van der Waals surface area (Å²) in [6.45, 7) is -0.132. The average Bonchev–Trinajstić information content (AvgIpc) is 3.66. The topological polar surface area (TPSA) is 136 Å². The molecule has 4 rings (SSSR count). The smallest absolute Gasteiger partial charge is 0.407 e. The molecule has 0 unspecified atom stereocenters. The monoisotopic (exact) mass is 495 g/mol. The van der Waals surface area contributed by atoms with Crippen LogP contribution in [0, 0.1) is 23.2 Å². The maximum atomic E-state index is 14.5. The molecule has 4 atom stereocenters. The third-order valence-electron chi connectivity index (χ3n) is 6.36. The van der Waals surface area contributed by atoms with Gasteiger partial charge in [-0.05, 0) is 41.8 Å². The number of pyridine rings is 1. The molecule has 0 bridgehead atoms. The number of benzene rings is 1. The van der Waals surface area contributed by atoms with Crippen LogP contribution in [0.5, 0.6) is 5.75 Å². The number of aromatic nitrogens is 1. The summed E-state index contributed by atoms with van der Waals surface area (Å²) in [4.78, 5) is 42.3. The van der Waals surface area contributed by atoms with E-state index in [0.717, 1.165) is 4.90 Å². The number of alkyl halides is 1. The van der Waals surface area contributed by atoms with Gasteiger partial charge in [0.2, 0.25) is 11.8 Å². The van der Waals surface area contributed by atoms with E-state index in [9.17, 15) is 24.0 Å². The Hall–Kier alpha value is -4.20. The number of amides is 3. The molecule has 2 aliphatic rings. The van der Waals surface area contributed by atoms with Crippen molar-refractivity contribution < 1.29 is 28.6 Å². The first-order valence-electron chi connectivity index (χ1n) is 11.5. The molecule has 11 heteroatoms. The van der Waals surface area contributed by atoms with Gasteiger partial charge < -0.3 is 25.0 Å². The van der Waals surface area contributed by atoms with Crippen molar-refractivity contribution in [2.45, 2.75) is 25.1 Å². The Morgan fingerprint density at radius 2 is 1.97 bits per heavy atom. The number of carboxylic acid groups (broad SMARTS) is 1. The SMILES string of the molecule is CN(C)C(=O)[C@@H]1C[C@@H]1C(=O)Nc1cc(-c2ccc(O[C@H]3CCN(C(=O)O)C[C@H]3F)c(C#N)c2)ccn1. The number of piperidine rings is 1. The van der Waals surface area contributed by atoms with Crippen LogP contribution in [0.3, 0.4) is 0 Å². The van der Waals surface area contributed by atoms with Crippen LogP contribution >= 0.6 is 0 Å². The Bertz CT molecular complexity index is 1230. The van der Waals surface area contributed by atoms with Crippen LogP contribution in [0.2, 0.25) is 0 Å². The number of halogens is 1. The lowest BCUT2D eigenvalue weighted by molar-refractivity contribution is -0.131. The Kier molecular flexibility index (Phi) is 7.05. The Balaban J connectivity index is 1.44. The molecule has 36 heavy (non-hydrogen) atoms. The van der Waals surface area contributed by atoms with E-state index in [2.05, 4.69) is 16.4 Å². The highest BCUT2D eigenvalue weighted by atomic mass is 19.1. The van der Waals surface area contributed by atoms with Crippen molar-refractivity contribution in [1.29, 1.82) is 5.26 Å². The maximum absolute atomic E-state index is 14.5. The zero-order chi connectivity index (χ0) is 26.0. The van der Waals surface area contributed by atoms with E-state index >= 15 is 0 Å². The van der Waals surface area contributed by atoms with Gasteiger partial charge in [0.15, 0.2) is 6.17 Å². The van der Waals surface area contributed by atoms with Crippen molar-refractivity contribution >= 4 is 23.7 Å². The van der Waals surface area contributed by atoms with Gasteiger partial charge in [-0.2, -0.15) is 5.26 Å². The van der Waals surface area contributed by atoms with Crippen molar-refractivity contribution in [2.75, 3.05) is 32.5 Å². The van der Waals surface area contributed by atoms with Crippen molar-refractivity contribution in [3.8, 4) is 22.9 Å². The number of carbonyl (C=O) groups excluding carboxylic acids is 2. The van der Waals surface area contributed by atoms with Crippen LogP contribution in [-0.4, -0.2) is 77.3 Å². The van der Waals surface area contributed by atoms with Gasteiger partial charge >= 0.3 is 6.09 Å². The van der Waals surface area contributed by atoms with Gasteiger partial charge in [0.05, 0.1) is 23.9 Å². The van der Waals surface area contributed by atoms with E-state index in [4.69, 9.17) is 9.84 Å². The first-order valence-corrected chi connectivity index (χ1v) is 11.5. The molecule has 188 valence electrons. The second kappa shape index (κ2) is 10.2. The number of anilines is 1. The summed E-state index contributed by atoms with van der Waals surface area (Å²) in [6.07, 6.45) is -1.33. The number of likely N-dealkylation sites (tertiary alicyclic amines) is 1. The normalized spacial score (nSPS) is 22.8. The number of nitriles is 1. The number of hydrogen-bond acceptors (Lipinski definition) is 6. The van der Waals surface area contributed by atoms with Gasteiger partial charge in [0.1, 0.15) is 23.7 Å². The molecule has 1 aromatic heterocycles. The molecular formula is C25H26FN5O5. The number of nitrogens with zero attached hydrogens (tertiary/aromatic N) is 4. The standard InChI is InChI=1S/C25H26FN5O5/c1-30(2)24(33)18-11-17(18)23(32)29-22-10-15(5-7-28-22)14-3-4-20(16(9-14)12-27)36-21-6-8-31(25(34)35)13-19(21)26/h3-5,7,9-10,17-19,21H,6,8,11,13H2,1-2H3,(H,34,35)(H,28,29,32)/t17-,18+,19+,21-/m0/s1. The summed E-state index contributed by atoms with van der Waals surface area (Å²) < 4.78 is 20.2. The number of rotatable bonds is 6. The molecule has 3 amide bonds. The highest BCUT2D eigenvalue weighted by molar-refractivity contribution is 5.99. The van der Waals surface area contributed by atoms with E-state index in [0.29, 0.717) is 23.4 Å². The van der Waals surface area contributed by atoms with Crippen molar-refractivity contribution in [3.05, 3.63) is 42.1 Å². The average molecular weight is 496 g/mol. The summed E-state index contributed by atoms with van der Waals surface area (Å²) in [5.41, 5.74) is 1.56. The van der Waals surface area contributed by atoms with Crippen LogP contribution in [-0.2, 0) is 9.59 Å². The number of carbonyl (C=O) groups is 3. The molecule has 2 heterocycles.